The molecule has 2 rings (SSSR count). The van der Waals surface area contributed by atoms with Crippen LogP contribution in [0.2, 0.25) is 0 Å². The molecule has 0 fully saturated rings. The molecule has 0 radical (unpaired) electrons. The van der Waals surface area contributed by atoms with Gasteiger partial charge < -0.3 is 9.84 Å². The van der Waals surface area contributed by atoms with Gasteiger partial charge in [0.2, 0.25) is 0 Å². The monoisotopic (exact) mass is 306 g/mol. The molecule has 5 nitrogen and oxygen atoms in total. The molecule has 0 saturated carbocycles. The van der Waals surface area contributed by atoms with E-state index in [2.05, 4.69) is 4.74 Å². The number of methoxy groups -OCH3 is 1. The van der Waals surface area contributed by atoms with E-state index in [9.17, 15) is 18.3 Å². The van der Waals surface area contributed by atoms with E-state index in [4.69, 9.17) is 0 Å². The van der Waals surface area contributed by atoms with Gasteiger partial charge in [0, 0.05) is 6.26 Å². The Hall–Kier alpha value is -2.34. The SMILES string of the molecule is COC(=O)c1ccc(-c2cccc(S(C)(=O)=O)c2)cc1O. The Labute approximate surface area is 122 Å². The van der Waals surface area contributed by atoms with Gasteiger partial charge in [-0.2, -0.15) is 0 Å². The van der Waals surface area contributed by atoms with Crippen LogP contribution in [0.3, 0.4) is 0 Å². The van der Waals surface area contributed by atoms with Gasteiger partial charge in [-0.3, -0.25) is 0 Å². The molecule has 0 aliphatic rings. The Bertz CT molecular complexity index is 793. The summed E-state index contributed by atoms with van der Waals surface area (Å²) >= 11 is 0. The number of carbonyl (C=O) groups excluding carboxylic acids is 1. The lowest BCUT2D eigenvalue weighted by Gasteiger charge is -2.07. The second-order valence-electron chi connectivity index (χ2n) is 4.52. The number of sulfone groups is 1. The molecule has 0 aromatic heterocycles. The third kappa shape index (κ3) is 3.22. The van der Waals surface area contributed by atoms with Crippen molar-refractivity contribution in [3.8, 4) is 16.9 Å². The smallest absolute Gasteiger partial charge is 0.341 e. The first kappa shape index (κ1) is 15.1. The number of phenolic OH excluding ortho intramolecular Hbond substituents is 1. The molecule has 0 saturated heterocycles. The van der Waals surface area contributed by atoms with Crippen molar-refractivity contribution in [1.82, 2.24) is 0 Å². The van der Waals surface area contributed by atoms with Gasteiger partial charge >= 0.3 is 5.97 Å². The minimum absolute atomic E-state index is 0.0560. The zero-order chi connectivity index (χ0) is 15.6. The van der Waals surface area contributed by atoms with Crippen LogP contribution in [0.1, 0.15) is 10.4 Å². The van der Waals surface area contributed by atoms with Gasteiger partial charge in [-0.1, -0.05) is 18.2 Å². The summed E-state index contributed by atoms with van der Waals surface area (Å²) in [5.41, 5.74) is 1.29. The summed E-state index contributed by atoms with van der Waals surface area (Å²) in [6.07, 6.45) is 1.13. The summed E-state index contributed by atoms with van der Waals surface area (Å²) in [6, 6.07) is 10.8. The van der Waals surface area contributed by atoms with E-state index < -0.39 is 15.8 Å². The number of hydrogen-bond acceptors (Lipinski definition) is 5. The summed E-state index contributed by atoms with van der Waals surface area (Å²) in [4.78, 5) is 11.6. The fourth-order valence-corrected chi connectivity index (χ4v) is 2.57. The van der Waals surface area contributed by atoms with Gasteiger partial charge in [-0.05, 0) is 35.4 Å². The van der Waals surface area contributed by atoms with Gasteiger partial charge in [0.15, 0.2) is 9.84 Å². The largest absolute Gasteiger partial charge is 0.507 e. The first-order valence-corrected chi connectivity index (χ1v) is 7.94. The van der Waals surface area contributed by atoms with E-state index in [1.54, 1.807) is 18.2 Å². The van der Waals surface area contributed by atoms with E-state index >= 15 is 0 Å². The molecule has 0 bridgehead atoms. The Balaban J connectivity index is 2.49. The molecule has 0 atom stereocenters. The summed E-state index contributed by atoms with van der Waals surface area (Å²) in [5, 5.41) is 9.86. The van der Waals surface area contributed by atoms with Crippen LogP contribution in [0, 0.1) is 0 Å². The molecule has 2 aromatic rings. The molecular formula is C15H14O5S. The van der Waals surface area contributed by atoms with Gasteiger partial charge in [0.25, 0.3) is 0 Å². The Kier molecular flexibility index (Phi) is 3.99. The molecule has 21 heavy (non-hydrogen) atoms. The molecule has 0 heterocycles. The number of rotatable bonds is 3. The zero-order valence-electron chi connectivity index (χ0n) is 11.5. The van der Waals surface area contributed by atoms with Crippen molar-refractivity contribution >= 4 is 15.8 Å². The highest BCUT2D eigenvalue weighted by Crippen LogP contribution is 2.28. The molecular weight excluding hydrogens is 292 g/mol. The minimum atomic E-state index is -3.31. The van der Waals surface area contributed by atoms with Crippen LogP contribution >= 0.6 is 0 Å². The van der Waals surface area contributed by atoms with Crippen molar-refractivity contribution in [1.29, 1.82) is 0 Å². The number of phenols is 1. The number of ether oxygens (including phenoxy) is 1. The van der Waals surface area contributed by atoms with Crippen molar-refractivity contribution in [2.45, 2.75) is 4.90 Å². The van der Waals surface area contributed by atoms with Crippen LogP contribution in [0.4, 0.5) is 0 Å². The fourth-order valence-electron chi connectivity index (χ4n) is 1.90. The number of esters is 1. The molecule has 0 aliphatic heterocycles. The van der Waals surface area contributed by atoms with Gasteiger partial charge in [0.1, 0.15) is 11.3 Å². The minimum Gasteiger partial charge on any atom is -0.507 e. The maximum absolute atomic E-state index is 11.6. The lowest BCUT2D eigenvalue weighted by atomic mass is 10.0. The molecule has 6 heteroatoms. The number of benzene rings is 2. The molecule has 110 valence electrons. The van der Waals surface area contributed by atoms with Gasteiger partial charge in [-0.15, -0.1) is 0 Å². The van der Waals surface area contributed by atoms with E-state index in [1.807, 2.05) is 0 Å². The topological polar surface area (TPSA) is 80.7 Å². The maximum Gasteiger partial charge on any atom is 0.341 e. The lowest BCUT2D eigenvalue weighted by Crippen LogP contribution is -2.01. The zero-order valence-corrected chi connectivity index (χ0v) is 12.3. The lowest BCUT2D eigenvalue weighted by molar-refractivity contribution is 0.0597. The van der Waals surface area contributed by atoms with E-state index in [-0.39, 0.29) is 16.2 Å². The summed E-state index contributed by atoms with van der Waals surface area (Å²) in [7, 11) is -2.08. The Morgan fingerprint density at radius 3 is 2.33 bits per heavy atom. The van der Waals surface area contributed by atoms with Crippen LogP contribution in [0.25, 0.3) is 11.1 Å². The van der Waals surface area contributed by atoms with Crippen LogP contribution < -0.4 is 0 Å². The van der Waals surface area contributed by atoms with Crippen molar-refractivity contribution < 1.29 is 23.1 Å². The normalized spacial score (nSPS) is 11.1. The first-order valence-electron chi connectivity index (χ1n) is 6.05. The van der Waals surface area contributed by atoms with E-state index in [1.165, 1.54) is 31.4 Å². The molecule has 2 aromatic carbocycles. The Morgan fingerprint density at radius 1 is 1.10 bits per heavy atom. The molecule has 0 aliphatic carbocycles. The second kappa shape index (κ2) is 5.57. The highest BCUT2D eigenvalue weighted by molar-refractivity contribution is 7.90. The number of carbonyl (C=O) groups is 1. The van der Waals surface area contributed by atoms with Crippen LogP contribution in [-0.4, -0.2) is 32.9 Å². The average molecular weight is 306 g/mol. The van der Waals surface area contributed by atoms with Crippen molar-refractivity contribution in [2.75, 3.05) is 13.4 Å². The van der Waals surface area contributed by atoms with E-state index in [0.717, 1.165) is 6.26 Å². The van der Waals surface area contributed by atoms with Crippen molar-refractivity contribution in [3.63, 3.8) is 0 Å². The second-order valence-corrected chi connectivity index (χ2v) is 6.54. The predicted molar refractivity (Wildman–Crippen MR) is 78.0 cm³/mol. The first-order chi connectivity index (χ1) is 9.82. The quantitative estimate of drug-likeness (QED) is 0.880. The van der Waals surface area contributed by atoms with Crippen LogP contribution in [-0.2, 0) is 14.6 Å². The Morgan fingerprint density at radius 2 is 1.76 bits per heavy atom. The van der Waals surface area contributed by atoms with Crippen LogP contribution in [0.15, 0.2) is 47.4 Å². The maximum atomic E-state index is 11.6. The van der Waals surface area contributed by atoms with Gasteiger partial charge in [-0.25, -0.2) is 13.2 Å². The predicted octanol–water partition coefficient (Wildman–Crippen LogP) is 2.25. The fraction of sp³-hybridized carbons (Fsp3) is 0.133. The van der Waals surface area contributed by atoms with E-state index in [0.29, 0.717) is 11.1 Å². The number of hydrogen-bond donors (Lipinski definition) is 1. The average Bonchev–Trinajstić information content (AvgIpc) is 2.45. The summed E-state index contributed by atoms with van der Waals surface area (Å²) in [5.74, 6) is -0.854. The third-order valence-corrected chi connectivity index (χ3v) is 4.11. The number of aromatic hydroxyl groups is 1. The molecule has 1 N–H and O–H groups in total. The third-order valence-electron chi connectivity index (χ3n) is 3.00. The van der Waals surface area contributed by atoms with Crippen molar-refractivity contribution in [2.24, 2.45) is 0 Å². The van der Waals surface area contributed by atoms with Crippen molar-refractivity contribution in [3.05, 3.63) is 48.0 Å². The standard InChI is InChI=1S/C15H14O5S/c1-20-15(17)13-7-6-11(9-14(13)16)10-4-3-5-12(8-10)21(2,18)19/h3-9,16H,1-2H3. The molecule has 0 unspecified atom stereocenters. The summed E-state index contributed by atoms with van der Waals surface area (Å²) in [6.45, 7) is 0. The molecule has 0 amide bonds. The summed E-state index contributed by atoms with van der Waals surface area (Å²) < 4.78 is 27.7. The highest BCUT2D eigenvalue weighted by atomic mass is 32.2. The highest BCUT2D eigenvalue weighted by Gasteiger charge is 2.13. The molecule has 0 spiro atoms. The van der Waals surface area contributed by atoms with Gasteiger partial charge in [0.05, 0.1) is 12.0 Å². The van der Waals surface area contributed by atoms with Crippen LogP contribution in [0.5, 0.6) is 5.75 Å².